The van der Waals surface area contributed by atoms with E-state index >= 15 is 0 Å². The molecule has 0 unspecified atom stereocenters. The molecule has 0 saturated heterocycles. The van der Waals surface area contributed by atoms with E-state index < -0.39 is 0 Å². The highest BCUT2D eigenvalue weighted by molar-refractivity contribution is 7.12. The maximum atomic E-state index is 12.1. The highest BCUT2D eigenvalue weighted by Gasteiger charge is 2.33. The van der Waals surface area contributed by atoms with Gasteiger partial charge in [-0.2, -0.15) is 0 Å². The van der Waals surface area contributed by atoms with Gasteiger partial charge in [-0.1, -0.05) is 45.9 Å². The summed E-state index contributed by atoms with van der Waals surface area (Å²) < 4.78 is 5.08. The van der Waals surface area contributed by atoms with E-state index in [4.69, 9.17) is 4.74 Å². The lowest BCUT2D eigenvalue weighted by Crippen LogP contribution is -2.25. The number of benzene rings is 1. The number of aryl methyl sites for hydroxylation is 4. The second-order valence-corrected chi connectivity index (χ2v) is 10.2. The molecular formula is C28H40O3S. The van der Waals surface area contributed by atoms with Crippen LogP contribution in [0.5, 0.6) is 0 Å². The normalized spacial score (nSPS) is 11.8. The predicted molar refractivity (Wildman–Crippen MR) is 135 cm³/mol. The van der Waals surface area contributed by atoms with Crippen LogP contribution in [0.25, 0.3) is 0 Å². The molecule has 3 nitrogen and oxygen atoms in total. The number of carbonyl (C=O) groups excluding carboxylic acids is 2. The van der Waals surface area contributed by atoms with Crippen molar-refractivity contribution < 1.29 is 14.3 Å². The van der Waals surface area contributed by atoms with Crippen LogP contribution in [0.4, 0.5) is 0 Å². The molecule has 0 aliphatic carbocycles. The SMILES string of the molecule is CCOC(=O)CCc1ccc(C(CC)(CC)c2cc(C)c(CCC(=O)C(C)C)s2)cc1C. The first-order chi connectivity index (χ1) is 15.2. The molecule has 2 aromatic rings. The van der Waals surface area contributed by atoms with Gasteiger partial charge in [0.15, 0.2) is 0 Å². The standard InChI is InChI=1S/C28H40O3S/c1-8-28(9-2,26-18-21(7)25(32-26)15-14-24(29)19(4)5)23-13-11-22(20(6)17-23)12-16-27(30)31-10-3/h11,13,17-19H,8-10,12,14-16H2,1-7H3. The lowest BCUT2D eigenvalue weighted by Gasteiger charge is -2.32. The van der Waals surface area contributed by atoms with E-state index in [1.807, 2.05) is 32.1 Å². The molecule has 0 amide bonds. The number of Topliss-reactive ketones (excluding diaryl/α,β-unsaturated/α-hetero) is 1. The fraction of sp³-hybridized carbons (Fsp3) is 0.571. The number of ketones is 1. The molecule has 0 aliphatic rings. The summed E-state index contributed by atoms with van der Waals surface area (Å²) in [6.07, 6.45) is 4.64. The molecule has 0 fully saturated rings. The maximum absolute atomic E-state index is 12.1. The summed E-state index contributed by atoms with van der Waals surface area (Å²) in [6.45, 7) is 15.1. The number of ether oxygens (including phenoxy) is 1. The van der Waals surface area contributed by atoms with Gasteiger partial charge in [0, 0.05) is 33.9 Å². The molecule has 1 aromatic carbocycles. The van der Waals surface area contributed by atoms with Crippen LogP contribution in [0.2, 0.25) is 0 Å². The summed E-state index contributed by atoms with van der Waals surface area (Å²) >= 11 is 1.88. The molecule has 1 aromatic heterocycles. The number of hydrogen-bond acceptors (Lipinski definition) is 4. The van der Waals surface area contributed by atoms with Gasteiger partial charge in [-0.25, -0.2) is 0 Å². The van der Waals surface area contributed by atoms with E-state index in [-0.39, 0.29) is 17.3 Å². The third-order valence-corrected chi connectivity index (χ3v) is 8.24. The summed E-state index contributed by atoms with van der Waals surface area (Å²) in [5.74, 6) is 0.307. The largest absolute Gasteiger partial charge is 0.466 e. The fourth-order valence-electron chi connectivity index (χ4n) is 4.42. The van der Waals surface area contributed by atoms with E-state index in [0.29, 0.717) is 31.7 Å². The Hall–Kier alpha value is -1.94. The van der Waals surface area contributed by atoms with Gasteiger partial charge in [-0.3, -0.25) is 9.59 Å². The second-order valence-electron chi connectivity index (χ2n) is 9.07. The smallest absolute Gasteiger partial charge is 0.306 e. The van der Waals surface area contributed by atoms with Gasteiger partial charge in [-0.05, 0) is 74.8 Å². The third-order valence-electron chi connectivity index (χ3n) is 6.74. The zero-order chi connectivity index (χ0) is 23.9. The Morgan fingerprint density at radius 1 is 0.969 bits per heavy atom. The van der Waals surface area contributed by atoms with Gasteiger partial charge < -0.3 is 4.74 Å². The number of hydrogen-bond donors (Lipinski definition) is 0. The van der Waals surface area contributed by atoms with Crippen LogP contribution < -0.4 is 0 Å². The lowest BCUT2D eigenvalue weighted by molar-refractivity contribution is -0.143. The molecule has 32 heavy (non-hydrogen) atoms. The Kier molecular flexibility index (Phi) is 9.69. The third kappa shape index (κ3) is 6.10. The Morgan fingerprint density at radius 3 is 2.22 bits per heavy atom. The first-order valence-corrected chi connectivity index (χ1v) is 12.9. The van der Waals surface area contributed by atoms with Crippen LogP contribution in [0.3, 0.4) is 0 Å². The topological polar surface area (TPSA) is 43.4 Å². The molecule has 0 aliphatic heterocycles. The molecule has 0 bridgehead atoms. The van der Waals surface area contributed by atoms with Gasteiger partial charge in [-0.15, -0.1) is 11.3 Å². The Bertz CT molecular complexity index is 919. The molecule has 2 rings (SSSR count). The first kappa shape index (κ1) is 26.3. The molecule has 0 atom stereocenters. The average Bonchev–Trinajstić information content (AvgIpc) is 3.13. The van der Waals surface area contributed by atoms with Gasteiger partial charge in [0.2, 0.25) is 0 Å². The van der Waals surface area contributed by atoms with Crippen molar-refractivity contribution >= 4 is 23.1 Å². The van der Waals surface area contributed by atoms with Crippen LogP contribution in [0, 0.1) is 19.8 Å². The van der Waals surface area contributed by atoms with Crippen LogP contribution >= 0.6 is 11.3 Å². The quantitative estimate of drug-likeness (QED) is 0.319. The lowest BCUT2D eigenvalue weighted by atomic mass is 9.73. The molecule has 0 spiro atoms. The van der Waals surface area contributed by atoms with E-state index in [9.17, 15) is 9.59 Å². The van der Waals surface area contributed by atoms with E-state index in [0.717, 1.165) is 19.3 Å². The minimum Gasteiger partial charge on any atom is -0.466 e. The van der Waals surface area contributed by atoms with Crippen molar-refractivity contribution in [2.45, 2.75) is 92.4 Å². The summed E-state index contributed by atoms with van der Waals surface area (Å²) in [6, 6.07) is 9.09. The molecule has 1 heterocycles. The van der Waals surface area contributed by atoms with E-state index in [1.165, 1.54) is 32.0 Å². The highest BCUT2D eigenvalue weighted by atomic mass is 32.1. The minimum atomic E-state index is -0.134. The Morgan fingerprint density at radius 2 is 1.66 bits per heavy atom. The first-order valence-electron chi connectivity index (χ1n) is 12.1. The van der Waals surface area contributed by atoms with Gasteiger partial charge in [0.05, 0.1) is 6.61 Å². The van der Waals surface area contributed by atoms with Gasteiger partial charge in [0.25, 0.3) is 0 Å². The molecule has 176 valence electrons. The number of rotatable bonds is 12. The fourth-order valence-corrected chi connectivity index (χ4v) is 5.95. The highest BCUT2D eigenvalue weighted by Crippen LogP contribution is 2.44. The Labute approximate surface area is 198 Å². The maximum Gasteiger partial charge on any atom is 0.306 e. The van der Waals surface area contributed by atoms with Gasteiger partial charge in [0.1, 0.15) is 5.78 Å². The summed E-state index contributed by atoms with van der Waals surface area (Å²) in [7, 11) is 0. The average molecular weight is 457 g/mol. The number of thiophene rings is 1. The van der Waals surface area contributed by atoms with Crippen LogP contribution in [-0.4, -0.2) is 18.4 Å². The molecule has 0 saturated carbocycles. The van der Waals surface area contributed by atoms with Crippen molar-refractivity contribution in [1.29, 1.82) is 0 Å². The minimum absolute atomic E-state index is 0.0276. The van der Waals surface area contributed by atoms with E-state index in [1.54, 1.807) is 0 Å². The molecule has 0 radical (unpaired) electrons. The Balaban J connectivity index is 2.30. The van der Waals surface area contributed by atoms with Crippen LogP contribution in [0.15, 0.2) is 24.3 Å². The monoisotopic (exact) mass is 456 g/mol. The van der Waals surface area contributed by atoms with Crippen molar-refractivity contribution in [1.82, 2.24) is 0 Å². The van der Waals surface area contributed by atoms with Crippen molar-refractivity contribution in [3.05, 3.63) is 56.3 Å². The number of esters is 1. The molecular weight excluding hydrogens is 416 g/mol. The van der Waals surface area contributed by atoms with Crippen molar-refractivity contribution in [3.63, 3.8) is 0 Å². The zero-order valence-electron chi connectivity index (χ0n) is 21.0. The summed E-state index contributed by atoms with van der Waals surface area (Å²) in [4.78, 5) is 26.6. The summed E-state index contributed by atoms with van der Waals surface area (Å²) in [5, 5.41) is 0. The molecule has 4 heteroatoms. The van der Waals surface area contributed by atoms with Gasteiger partial charge >= 0.3 is 5.97 Å². The van der Waals surface area contributed by atoms with Crippen LogP contribution in [-0.2, 0) is 32.6 Å². The van der Waals surface area contributed by atoms with Crippen LogP contribution in [0.1, 0.15) is 92.3 Å². The predicted octanol–water partition coefficient (Wildman–Crippen LogP) is 7.12. The van der Waals surface area contributed by atoms with E-state index in [2.05, 4.69) is 52.0 Å². The zero-order valence-corrected chi connectivity index (χ0v) is 21.8. The van der Waals surface area contributed by atoms with Crippen molar-refractivity contribution in [2.24, 2.45) is 5.92 Å². The van der Waals surface area contributed by atoms with Crippen molar-refractivity contribution in [2.75, 3.05) is 6.61 Å². The van der Waals surface area contributed by atoms with Crippen molar-refractivity contribution in [3.8, 4) is 0 Å². The second kappa shape index (κ2) is 11.8. The summed E-state index contributed by atoms with van der Waals surface area (Å²) in [5.41, 5.74) is 5.05. The molecule has 0 N–H and O–H groups in total. The number of carbonyl (C=O) groups is 2.